The summed E-state index contributed by atoms with van der Waals surface area (Å²) in [7, 11) is 0. The molecule has 1 aliphatic carbocycles. The highest BCUT2D eigenvalue weighted by Gasteiger charge is 2.28. The molecule has 1 fully saturated rings. The normalized spacial score (nSPS) is 20.1. The molecule has 1 saturated carbocycles. The number of rotatable bonds is 5. The molecule has 2 aromatic heterocycles. The molecule has 0 aromatic carbocycles. The first-order valence-electron chi connectivity index (χ1n) is 7.56. The van der Waals surface area contributed by atoms with Crippen molar-refractivity contribution in [1.29, 1.82) is 5.26 Å². The number of anilines is 1. The SMILES string of the molecule is N#Cc1sc(NC(=O)C2CCC(OC=O)CC2)nc1-c1ccco1. The van der Waals surface area contributed by atoms with E-state index in [2.05, 4.69) is 16.4 Å². The lowest BCUT2D eigenvalue weighted by Crippen LogP contribution is -2.29. The van der Waals surface area contributed by atoms with Crippen molar-refractivity contribution in [3.63, 3.8) is 0 Å². The van der Waals surface area contributed by atoms with Crippen LogP contribution < -0.4 is 5.32 Å². The van der Waals surface area contributed by atoms with Crippen molar-refractivity contribution in [3.05, 3.63) is 23.3 Å². The highest BCUT2D eigenvalue weighted by molar-refractivity contribution is 7.16. The van der Waals surface area contributed by atoms with Crippen molar-refractivity contribution in [2.24, 2.45) is 5.92 Å². The standard InChI is InChI=1S/C16H15N3O4S/c17-8-13-14(12-2-1-7-22-12)18-16(24-13)19-15(21)10-3-5-11(6-4-10)23-9-20/h1-2,7,9-11H,3-6H2,(H,18,19,21). The molecule has 2 heterocycles. The number of hydrogen-bond acceptors (Lipinski definition) is 7. The van der Waals surface area contributed by atoms with Gasteiger partial charge in [0.1, 0.15) is 22.7 Å². The minimum absolute atomic E-state index is 0.0952. The first-order valence-corrected chi connectivity index (χ1v) is 8.37. The van der Waals surface area contributed by atoms with Gasteiger partial charge < -0.3 is 14.5 Å². The van der Waals surface area contributed by atoms with Crippen LogP contribution in [0.5, 0.6) is 0 Å². The van der Waals surface area contributed by atoms with Crippen molar-refractivity contribution >= 4 is 28.8 Å². The van der Waals surface area contributed by atoms with Gasteiger partial charge >= 0.3 is 0 Å². The minimum Gasteiger partial charge on any atom is -0.465 e. The molecule has 7 nitrogen and oxygen atoms in total. The summed E-state index contributed by atoms with van der Waals surface area (Å²) in [6.07, 6.45) is 4.08. The number of thiazole rings is 1. The van der Waals surface area contributed by atoms with Gasteiger partial charge in [-0.05, 0) is 37.8 Å². The highest BCUT2D eigenvalue weighted by atomic mass is 32.1. The first kappa shape index (κ1) is 16.2. The van der Waals surface area contributed by atoms with E-state index in [1.165, 1.54) is 6.26 Å². The third kappa shape index (κ3) is 3.46. The average Bonchev–Trinajstić information content (AvgIpc) is 3.24. The lowest BCUT2D eigenvalue weighted by molar-refractivity contribution is -0.135. The second-order valence-electron chi connectivity index (χ2n) is 5.48. The average molecular weight is 345 g/mol. The molecule has 0 bridgehead atoms. The van der Waals surface area contributed by atoms with Crippen molar-refractivity contribution in [3.8, 4) is 17.5 Å². The maximum Gasteiger partial charge on any atom is 0.293 e. The van der Waals surface area contributed by atoms with E-state index >= 15 is 0 Å². The Balaban J connectivity index is 1.65. The summed E-state index contributed by atoms with van der Waals surface area (Å²) in [6, 6.07) is 5.51. The number of hydrogen-bond donors (Lipinski definition) is 1. The third-order valence-corrected chi connectivity index (χ3v) is 4.88. The number of carbonyl (C=O) groups is 2. The maximum absolute atomic E-state index is 12.4. The van der Waals surface area contributed by atoms with Gasteiger partial charge in [0.05, 0.1) is 6.26 Å². The molecule has 0 spiro atoms. The van der Waals surface area contributed by atoms with E-state index in [4.69, 9.17) is 9.15 Å². The molecule has 0 saturated heterocycles. The third-order valence-electron chi connectivity index (χ3n) is 4.01. The fourth-order valence-corrected chi connectivity index (χ4v) is 3.55. The topological polar surface area (TPSA) is 105 Å². The molecular formula is C16H15N3O4S. The van der Waals surface area contributed by atoms with Crippen molar-refractivity contribution in [2.75, 3.05) is 5.32 Å². The maximum atomic E-state index is 12.4. The molecular weight excluding hydrogens is 330 g/mol. The lowest BCUT2D eigenvalue weighted by atomic mass is 9.87. The lowest BCUT2D eigenvalue weighted by Gasteiger charge is -2.26. The van der Waals surface area contributed by atoms with E-state index in [-0.39, 0.29) is 17.9 Å². The Morgan fingerprint density at radius 1 is 1.46 bits per heavy atom. The summed E-state index contributed by atoms with van der Waals surface area (Å²) < 4.78 is 10.2. The van der Waals surface area contributed by atoms with Crippen LogP contribution in [0.1, 0.15) is 30.6 Å². The van der Waals surface area contributed by atoms with Crippen molar-refractivity contribution in [1.82, 2.24) is 4.98 Å². The van der Waals surface area contributed by atoms with Crippen LogP contribution in [0, 0.1) is 17.2 Å². The Morgan fingerprint density at radius 2 is 2.25 bits per heavy atom. The molecule has 1 amide bonds. The Kier molecular flexibility index (Phi) is 4.91. The predicted octanol–water partition coefficient (Wildman–Crippen LogP) is 2.95. The van der Waals surface area contributed by atoms with Crippen molar-refractivity contribution < 1.29 is 18.7 Å². The van der Waals surface area contributed by atoms with E-state index in [1.54, 1.807) is 12.1 Å². The van der Waals surface area contributed by atoms with E-state index < -0.39 is 0 Å². The molecule has 0 unspecified atom stereocenters. The van der Waals surface area contributed by atoms with Gasteiger partial charge in [-0.2, -0.15) is 5.26 Å². The van der Waals surface area contributed by atoms with Crippen LogP contribution in [-0.2, 0) is 14.3 Å². The molecule has 0 atom stereocenters. The highest BCUT2D eigenvalue weighted by Crippen LogP contribution is 2.32. The Bertz CT molecular complexity index is 755. The van der Waals surface area contributed by atoms with Crippen LogP contribution in [0.3, 0.4) is 0 Å². The minimum atomic E-state index is -0.141. The number of carbonyl (C=O) groups excluding carboxylic acids is 2. The molecule has 8 heteroatoms. The summed E-state index contributed by atoms with van der Waals surface area (Å²) in [4.78, 5) is 27.4. The molecule has 0 radical (unpaired) electrons. The van der Waals surface area contributed by atoms with Crippen molar-refractivity contribution in [2.45, 2.75) is 31.8 Å². The fraction of sp³-hybridized carbons (Fsp3) is 0.375. The summed E-state index contributed by atoms with van der Waals surface area (Å²) >= 11 is 1.12. The Hall–Kier alpha value is -2.66. The largest absolute Gasteiger partial charge is 0.465 e. The number of aromatic nitrogens is 1. The number of furan rings is 1. The molecule has 124 valence electrons. The Morgan fingerprint density at radius 3 is 2.88 bits per heavy atom. The summed E-state index contributed by atoms with van der Waals surface area (Å²) in [5.74, 6) is 0.233. The van der Waals surface area contributed by atoms with Crippen LogP contribution in [0.25, 0.3) is 11.5 Å². The van der Waals surface area contributed by atoms with Crippen LogP contribution in [0.2, 0.25) is 0 Å². The zero-order valence-corrected chi connectivity index (χ0v) is 13.5. The van der Waals surface area contributed by atoms with Gasteiger partial charge in [-0.1, -0.05) is 11.3 Å². The van der Waals surface area contributed by atoms with Crippen LogP contribution in [0.4, 0.5) is 5.13 Å². The zero-order valence-electron chi connectivity index (χ0n) is 12.7. The molecule has 1 N–H and O–H groups in total. The number of nitrogens with one attached hydrogen (secondary N) is 1. The quantitative estimate of drug-likeness (QED) is 0.835. The number of ether oxygens (including phenoxy) is 1. The van der Waals surface area contributed by atoms with E-state index in [9.17, 15) is 14.9 Å². The van der Waals surface area contributed by atoms with Gasteiger partial charge in [-0.3, -0.25) is 9.59 Å². The van der Waals surface area contributed by atoms with Gasteiger partial charge in [-0.15, -0.1) is 0 Å². The second-order valence-corrected chi connectivity index (χ2v) is 6.48. The van der Waals surface area contributed by atoms with Crippen LogP contribution >= 0.6 is 11.3 Å². The zero-order chi connectivity index (χ0) is 16.9. The molecule has 3 rings (SSSR count). The summed E-state index contributed by atoms with van der Waals surface area (Å²) in [5.41, 5.74) is 0.436. The number of nitriles is 1. The van der Waals surface area contributed by atoms with Crippen LogP contribution in [-0.4, -0.2) is 23.5 Å². The van der Waals surface area contributed by atoms with E-state index in [1.807, 2.05) is 0 Å². The van der Waals surface area contributed by atoms with Gasteiger partial charge in [-0.25, -0.2) is 4.98 Å². The fourth-order valence-electron chi connectivity index (χ4n) is 2.78. The molecule has 1 aliphatic rings. The van der Waals surface area contributed by atoms with E-state index in [0.717, 1.165) is 11.3 Å². The second kappa shape index (κ2) is 7.27. The smallest absolute Gasteiger partial charge is 0.293 e. The van der Waals surface area contributed by atoms with Gasteiger partial charge in [0.2, 0.25) is 5.91 Å². The van der Waals surface area contributed by atoms with E-state index in [0.29, 0.717) is 53.6 Å². The van der Waals surface area contributed by atoms with Gasteiger partial charge in [0.25, 0.3) is 6.47 Å². The van der Waals surface area contributed by atoms with Gasteiger partial charge in [0, 0.05) is 5.92 Å². The molecule has 24 heavy (non-hydrogen) atoms. The van der Waals surface area contributed by atoms with Crippen LogP contribution in [0.15, 0.2) is 22.8 Å². The monoisotopic (exact) mass is 345 g/mol. The van der Waals surface area contributed by atoms with Gasteiger partial charge in [0.15, 0.2) is 10.9 Å². The molecule has 2 aromatic rings. The summed E-state index contributed by atoms with van der Waals surface area (Å²) in [6.45, 7) is 0.459. The number of nitrogens with zero attached hydrogens (tertiary/aromatic N) is 2. The summed E-state index contributed by atoms with van der Waals surface area (Å²) in [5, 5.41) is 12.4. The first-order chi connectivity index (χ1) is 11.7. The predicted molar refractivity (Wildman–Crippen MR) is 86.1 cm³/mol. The molecule has 0 aliphatic heterocycles. The number of amides is 1. The Labute approximate surface area is 142 Å².